The summed E-state index contributed by atoms with van der Waals surface area (Å²) >= 11 is 0. The fourth-order valence-electron chi connectivity index (χ4n) is 4.93. The monoisotopic (exact) mass is 618 g/mol. The number of aromatic nitrogens is 9. The first-order chi connectivity index (χ1) is 23.6. The van der Waals surface area contributed by atoms with Crippen LogP contribution in [0.4, 0.5) is 5.82 Å². The fourth-order valence-corrected chi connectivity index (χ4v) is 4.93. The van der Waals surface area contributed by atoms with Gasteiger partial charge in [-0.15, -0.1) is 4.98 Å². The molecule has 7 aromatic heterocycles. The number of pyridine rings is 6. The van der Waals surface area contributed by atoms with Crippen LogP contribution in [0, 0.1) is 29.2 Å². The van der Waals surface area contributed by atoms with Gasteiger partial charge in [-0.05, 0) is 76.9 Å². The molecule has 0 saturated carbocycles. The van der Waals surface area contributed by atoms with Crippen LogP contribution in [0.5, 0.6) is 0 Å². The van der Waals surface area contributed by atoms with Gasteiger partial charge in [-0.2, -0.15) is 10.5 Å². The minimum Gasteiger partial charge on any atom is -0.361 e. The first-order valence-electron chi connectivity index (χ1n) is 14.3. The molecular weight excluding hydrogens is 600 g/mol. The summed E-state index contributed by atoms with van der Waals surface area (Å²) < 4.78 is 0. The summed E-state index contributed by atoms with van der Waals surface area (Å²) in [7, 11) is 0. The molecule has 0 N–H and O–H groups in total. The van der Waals surface area contributed by atoms with Crippen LogP contribution in [0.2, 0.25) is 0 Å². The molecule has 0 unspecified atom stereocenters. The van der Waals surface area contributed by atoms with E-state index in [-0.39, 0.29) is 17.2 Å². The van der Waals surface area contributed by atoms with Crippen LogP contribution in [-0.4, -0.2) is 44.9 Å². The van der Waals surface area contributed by atoms with E-state index in [0.29, 0.717) is 34.2 Å². The standard InChI is InChI=1S/C36H18N12/c1-39-33-13-24(4-7-45-33)27-10-30(21-42-18-27)36-47-34(28-8-25(16-40-19-28)22-2-5-43-31(11-22)14-37)46-35(48-36)29-9-26(17-41-20-29)23-3-6-44-32(12-23)15-38/h2-13,16-21H. The molecule has 222 valence electrons. The lowest BCUT2D eigenvalue weighted by molar-refractivity contribution is 1.06. The third-order valence-corrected chi connectivity index (χ3v) is 7.23. The highest BCUT2D eigenvalue weighted by atomic mass is 15.0. The van der Waals surface area contributed by atoms with E-state index in [1.165, 1.54) is 0 Å². The SMILES string of the molecule is [C-]#[N+]c1cc(-c2cncc(-c3nc(-c4cncc(-c5ccnc(C#N)c5)c4)nc(-c4cncc(-c5ccnc(C#N)c5)c4)n3)c2)ccn1. The van der Waals surface area contributed by atoms with Crippen molar-refractivity contribution in [1.29, 1.82) is 10.5 Å². The Hall–Kier alpha value is -7.62. The van der Waals surface area contributed by atoms with Gasteiger partial charge in [0.05, 0.1) is 0 Å². The van der Waals surface area contributed by atoms with Crippen LogP contribution in [-0.2, 0) is 0 Å². The second-order valence-corrected chi connectivity index (χ2v) is 10.3. The molecule has 7 heterocycles. The lowest BCUT2D eigenvalue weighted by atomic mass is 10.1. The van der Waals surface area contributed by atoms with Gasteiger partial charge in [0.1, 0.15) is 29.7 Å². The Balaban J connectivity index is 1.38. The minimum absolute atomic E-state index is 0.273. The number of nitrogens with zero attached hydrogens (tertiary/aromatic N) is 12. The Morgan fingerprint density at radius 2 is 0.833 bits per heavy atom. The van der Waals surface area contributed by atoms with Crippen LogP contribution >= 0.6 is 0 Å². The zero-order valence-corrected chi connectivity index (χ0v) is 24.8. The van der Waals surface area contributed by atoms with Crippen LogP contribution in [0.1, 0.15) is 11.4 Å². The third kappa shape index (κ3) is 6.02. The lowest BCUT2D eigenvalue weighted by Gasteiger charge is -2.11. The molecule has 48 heavy (non-hydrogen) atoms. The highest BCUT2D eigenvalue weighted by molar-refractivity contribution is 5.75. The van der Waals surface area contributed by atoms with Crippen LogP contribution < -0.4 is 0 Å². The Kier molecular flexibility index (Phi) is 7.75. The largest absolute Gasteiger partial charge is 0.361 e. The average Bonchev–Trinajstić information content (AvgIpc) is 3.18. The van der Waals surface area contributed by atoms with E-state index in [0.717, 1.165) is 33.4 Å². The predicted molar refractivity (Wildman–Crippen MR) is 175 cm³/mol. The number of hydrogen-bond donors (Lipinski definition) is 0. The third-order valence-electron chi connectivity index (χ3n) is 7.23. The molecular formula is C36H18N12. The smallest absolute Gasteiger partial charge is 0.270 e. The van der Waals surface area contributed by atoms with E-state index in [9.17, 15) is 10.5 Å². The topological polar surface area (TPSA) is 168 Å². The molecule has 7 aromatic rings. The molecule has 0 aliphatic heterocycles. The van der Waals surface area contributed by atoms with Gasteiger partial charge in [-0.3, -0.25) is 15.0 Å². The quantitative estimate of drug-likeness (QED) is 0.186. The molecule has 0 atom stereocenters. The Morgan fingerprint density at radius 1 is 0.458 bits per heavy atom. The molecule has 0 aliphatic carbocycles. The van der Waals surface area contributed by atoms with E-state index in [1.807, 2.05) is 24.3 Å². The zero-order valence-electron chi connectivity index (χ0n) is 24.8. The number of hydrogen-bond acceptors (Lipinski definition) is 11. The molecule has 0 amide bonds. The lowest BCUT2D eigenvalue weighted by Crippen LogP contribution is -2.01. The fraction of sp³-hybridized carbons (Fsp3) is 0. The molecule has 0 radical (unpaired) electrons. The Bertz CT molecular complexity index is 2190. The van der Waals surface area contributed by atoms with Gasteiger partial charge in [-0.25, -0.2) is 24.9 Å². The molecule has 0 bridgehead atoms. The maximum absolute atomic E-state index is 9.36. The molecule has 0 saturated heterocycles. The summed E-state index contributed by atoms with van der Waals surface area (Å²) in [6, 6.07) is 20.3. The van der Waals surface area contributed by atoms with E-state index in [2.05, 4.69) is 46.9 Å². The van der Waals surface area contributed by atoms with Crippen molar-refractivity contribution in [3.63, 3.8) is 0 Å². The van der Waals surface area contributed by atoms with Crippen molar-refractivity contribution in [2.45, 2.75) is 0 Å². The minimum atomic E-state index is 0.273. The maximum Gasteiger partial charge on any atom is 0.270 e. The second-order valence-electron chi connectivity index (χ2n) is 10.3. The summed E-state index contributed by atoms with van der Waals surface area (Å²) in [4.78, 5) is 43.5. The second kappa shape index (κ2) is 12.8. The molecule has 12 nitrogen and oxygen atoms in total. The highest BCUT2D eigenvalue weighted by Gasteiger charge is 2.16. The van der Waals surface area contributed by atoms with Gasteiger partial charge in [0, 0.05) is 77.4 Å². The summed E-state index contributed by atoms with van der Waals surface area (Å²) in [5.41, 5.74) is 7.00. The van der Waals surface area contributed by atoms with Crippen molar-refractivity contribution < 1.29 is 0 Å². The molecule has 0 fully saturated rings. The zero-order chi connectivity index (χ0) is 32.9. The van der Waals surface area contributed by atoms with E-state index >= 15 is 0 Å². The predicted octanol–water partition coefficient (Wildman–Crippen LogP) is 6.54. The Morgan fingerprint density at radius 3 is 1.23 bits per heavy atom. The normalized spacial score (nSPS) is 10.4. The first kappa shape index (κ1) is 29.1. The van der Waals surface area contributed by atoms with E-state index in [1.54, 1.807) is 86.1 Å². The summed E-state index contributed by atoms with van der Waals surface area (Å²) in [6.07, 6.45) is 14.8. The number of nitriles is 2. The van der Waals surface area contributed by atoms with Gasteiger partial charge in [0.25, 0.3) is 5.82 Å². The van der Waals surface area contributed by atoms with Crippen molar-refractivity contribution in [2.75, 3.05) is 0 Å². The maximum atomic E-state index is 9.36. The van der Waals surface area contributed by atoms with Crippen LogP contribution in [0.25, 0.3) is 72.4 Å². The van der Waals surface area contributed by atoms with Gasteiger partial charge >= 0.3 is 0 Å². The molecule has 7 rings (SSSR count). The molecule has 0 aromatic carbocycles. The van der Waals surface area contributed by atoms with Crippen molar-refractivity contribution in [3.8, 4) is 79.7 Å². The first-order valence-corrected chi connectivity index (χ1v) is 14.3. The van der Waals surface area contributed by atoms with Crippen molar-refractivity contribution >= 4 is 5.82 Å². The van der Waals surface area contributed by atoms with E-state index < -0.39 is 0 Å². The summed E-state index contributed by atoms with van der Waals surface area (Å²) in [5, 5.41) is 18.7. The summed E-state index contributed by atoms with van der Waals surface area (Å²) in [6.45, 7) is 7.35. The average molecular weight is 619 g/mol. The van der Waals surface area contributed by atoms with Gasteiger partial charge in [0.2, 0.25) is 0 Å². The van der Waals surface area contributed by atoms with Crippen LogP contribution in [0.3, 0.4) is 0 Å². The molecule has 0 spiro atoms. The van der Waals surface area contributed by atoms with Crippen molar-refractivity contribution in [1.82, 2.24) is 44.9 Å². The van der Waals surface area contributed by atoms with Crippen molar-refractivity contribution in [2.24, 2.45) is 0 Å². The molecule has 0 aliphatic rings. The highest BCUT2D eigenvalue weighted by Crippen LogP contribution is 2.31. The van der Waals surface area contributed by atoms with Gasteiger partial charge < -0.3 is 4.85 Å². The van der Waals surface area contributed by atoms with E-state index in [4.69, 9.17) is 21.5 Å². The molecule has 12 heteroatoms. The number of rotatable bonds is 6. The van der Waals surface area contributed by atoms with Crippen LogP contribution in [0.15, 0.2) is 110 Å². The summed E-state index contributed by atoms with van der Waals surface area (Å²) in [5.74, 6) is 1.33. The van der Waals surface area contributed by atoms with Gasteiger partial charge in [-0.1, -0.05) is 6.57 Å². The van der Waals surface area contributed by atoms with Crippen molar-refractivity contribution in [3.05, 3.63) is 133 Å². The Labute approximate surface area is 273 Å². The van der Waals surface area contributed by atoms with Gasteiger partial charge in [0.15, 0.2) is 17.5 Å².